The van der Waals surface area contributed by atoms with Crippen molar-refractivity contribution in [2.45, 2.75) is 69.9 Å². The van der Waals surface area contributed by atoms with Gasteiger partial charge in [0.05, 0.1) is 18.8 Å². The number of hydrogen-bond acceptors (Lipinski definition) is 8. The van der Waals surface area contributed by atoms with Crippen LogP contribution in [-0.4, -0.2) is 94.7 Å². The maximum absolute atomic E-state index is 14.6. The molecule has 2 aromatic heterocycles. The van der Waals surface area contributed by atoms with Crippen LogP contribution in [0, 0.1) is 11.6 Å². The number of aromatic nitrogens is 3. The maximum atomic E-state index is 14.6. The number of carbonyl (C=O) groups excluding carboxylic acids is 3. The Hall–Kier alpha value is -4.95. The highest BCUT2D eigenvalue weighted by Crippen LogP contribution is 2.37. The summed E-state index contributed by atoms with van der Waals surface area (Å²) in [5, 5.41) is 9.66. The first-order chi connectivity index (χ1) is 26.3. The molecule has 4 amide bonds. The van der Waals surface area contributed by atoms with E-state index in [1.165, 1.54) is 17.8 Å². The summed E-state index contributed by atoms with van der Waals surface area (Å²) in [6.45, 7) is 6.50. The van der Waals surface area contributed by atoms with E-state index in [1.54, 1.807) is 21.7 Å². The van der Waals surface area contributed by atoms with Gasteiger partial charge in [-0.1, -0.05) is 24.3 Å². The minimum Gasteiger partial charge on any atom is -0.380 e. The summed E-state index contributed by atoms with van der Waals surface area (Å²) in [6, 6.07) is 13.2. The fraction of sp³-hybridized carbons (Fsp3) is 0.475. The van der Waals surface area contributed by atoms with Gasteiger partial charge in [-0.2, -0.15) is 5.10 Å². The van der Waals surface area contributed by atoms with E-state index in [0.29, 0.717) is 80.7 Å². The van der Waals surface area contributed by atoms with Crippen molar-refractivity contribution in [2.24, 2.45) is 0 Å². The van der Waals surface area contributed by atoms with Gasteiger partial charge in [-0.25, -0.2) is 23.1 Å². The van der Waals surface area contributed by atoms with E-state index in [1.807, 2.05) is 4.90 Å². The molecule has 286 valence electrons. The van der Waals surface area contributed by atoms with Crippen LogP contribution in [-0.2, 0) is 16.1 Å². The van der Waals surface area contributed by atoms with Crippen LogP contribution >= 0.6 is 0 Å². The lowest BCUT2D eigenvalue weighted by atomic mass is 9.89. The van der Waals surface area contributed by atoms with Crippen molar-refractivity contribution in [2.75, 3.05) is 57.4 Å². The molecule has 3 aliphatic rings. The summed E-state index contributed by atoms with van der Waals surface area (Å²) in [6.07, 6.45) is 9.96. The zero-order valence-corrected chi connectivity index (χ0v) is 30.5. The number of fused-ring (bicyclic) bond motifs is 1. The Morgan fingerprint density at radius 2 is 1.78 bits per heavy atom. The maximum Gasteiger partial charge on any atom is 0.324 e. The molecule has 4 aromatic rings. The smallest absolute Gasteiger partial charge is 0.324 e. The van der Waals surface area contributed by atoms with Crippen LogP contribution in [0.2, 0.25) is 0 Å². The highest BCUT2D eigenvalue weighted by atomic mass is 19.1. The molecule has 54 heavy (non-hydrogen) atoms. The highest BCUT2D eigenvalue weighted by Gasteiger charge is 2.30. The zero-order chi connectivity index (χ0) is 37.4. The molecule has 5 heterocycles. The molecule has 0 radical (unpaired) electrons. The summed E-state index contributed by atoms with van der Waals surface area (Å²) in [4.78, 5) is 47.3. The molecule has 14 heteroatoms. The van der Waals surface area contributed by atoms with Crippen molar-refractivity contribution in [3.63, 3.8) is 0 Å². The molecular formula is C40H48F2N8O4. The van der Waals surface area contributed by atoms with Gasteiger partial charge in [-0.05, 0) is 99.3 Å². The van der Waals surface area contributed by atoms with Crippen LogP contribution < -0.4 is 15.5 Å². The Bertz CT molecular complexity index is 1930. The highest BCUT2D eigenvalue weighted by molar-refractivity contribution is 5.99. The molecule has 1 atom stereocenters. The molecule has 0 spiro atoms. The molecule has 0 saturated carbocycles. The molecular weight excluding hydrogens is 694 g/mol. The van der Waals surface area contributed by atoms with Crippen molar-refractivity contribution in [3.05, 3.63) is 94.8 Å². The van der Waals surface area contributed by atoms with Gasteiger partial charge in [-0.3, -0.25) is 14.9 Å². The molecule has 0 aliphatic carbocycles. The van der Waals surface area contributed by atoms with E-state index >= 15 is 0 Å². The third kappa shape index (κ3) is 9.04. The molecule has 3 fully saturated rings. The number of carbonyl (C=O) groups is 3. The lowest BCUT2D eigenvalue weighted by molar-refractivity contribution is -0.121. The quantitative estimate of drug-likeness (QED) is 0.151. The van der Waals surface area contributed by atoms with E-state index in [-0.39, 0.29) is 23.9 Å². The van der Waals surface area contributed by atoms with Gasteiger partial charge in [-0.15, -0.1) is 0 Å². The number of likely N-dealkylation sites (tertiary alicyclic amines) is 1. The second kappa shape index (κ2) is 17.5. The van der Waals surface area contributed by atoms with Crippen molar-refractivity contribution in [1.29, 1.82) is 0 Å². The minimum absolute atomic E-state index is 0.212. The van der Waals surface area contributed by atoms with Crippen LogP contribution in [0.4, 0.5) is 19.4 Å². The van der Waals surface area contributed by atoms with Gasteiger partial charge in [0.25, 0.3) is 5.91 Å². The Kier molecular flexibility index (Phi) is 12.1. The average Bonchev–Trinajstić information content (AvgIpc) is 3.84. The average molecular weight is 743 g/mol. The fourth-order valence-electron chi connectivity index (χ4n) is 7.77. The third-order valence-corrected chi connectivity index (χ3v) is 10.8. The summed E-state index contributed by atoms with van der Waals surface area (Å²) in [5.41, 5.74) is 3.50. The van der Waals surface area contributed by atoms with E-state index in [4.69, 9.17) is 9.72 Å². The SMILES string of the molecule is O=C1CCN(Cc2ccc(C3CCN(CCOCCCCCNC(=O)c4cnn5ccc(N6CCCC6c6cc(F)ccc6F)nc45)CC3)cc2)C(=O)N1. The normalized spacial score (nSPS) is 18.4. The first-order valence-corrected chi connectivity index (χ1v) is 19.1. The van der Waals surface area contributed by atoms with Gasteiger partial charge >= 0.3 is 6.03 Å². The van der Waals surface area contributed by atoms with E-state index < -0.39 is 11.6 Å². The molecule has 3 saturated heterocycles. The first kappa shape index (κ1) is 37.4. The molecule has 7 rings (SSSR count). The number of rotatable bonds is 15. The zero-order valence-electron chi connectivity index (χ0n) is 30.5. The fourth-order valence-corrected chi connectivity index (χ4v) is 7.77. The number of nitrogens with one attached hydrogen (secondary N) is 2. The number of halogens is 2. The molecule has 2 aromatic carbocycles. The van der Waals surface area contributed by atoms with Crippen molar-refractivity contribution >= 4 is 29.3 Å². The number of urea groups is 1. The number of piperidine rings is 1. The molecule has 3 aliphatic heterocycles. The number of amides is 4. The van der Waals surface area contributed by atoms with Gasteiger partial charge < -0.3 is 24.8 Å². The van der Waals surface area contributed by atoms with Gasteiger partial charge in [0.15, 0.2) is 5.65 Å². The third-order valence-electron chi connectivity index (χ3n) is 10.8. The molecule has 1 unspecified atom stereocenters. The van der Waals surface area contributed by atoms with Crippen LogP contribution in [0.15, 0.2) is 60.9 Å². The predicted molar refractivity (Wildman–Crippen MR) is 199 cm³/mol. The number of ether oxygens (including phenoxy) is 1. The van der Waals surface area contributed by atoms with E-state index in [0.717, 1.165) is 75.9 Å². The molecule has 12 nitrogen and oxygen atoms in total. The Labute approximate surface area is 313 Å². The van der Waals surface area contributed by atoms with Crippen molar-refractivity contribution in [1.82, 2.24) is 35.0 Å². The molecule has 0 bridgehead atoms. The van der Waals surface area contributed by atoms with Gasteiger partial charge in [0.2, 0.25) is 5.91 Å². The summed E-state index contributed by atoms with van der Waals surface area (Å²) in [5.74, 6) is -0.254. The Morgan fingerprint density at radius 3 is 2.59 bits per heavy atom. The lowest BCUT2D eigenvalue weighted by Gasteiger charge is -2.32. The van der Waals surface area contributed by atoms with Gasteiger partial charge in [0, 0.05) is 57.5 Å². The van der Waals surface area contributed by atoms with Crippen molar-refractivity contribution in [3.8, 4) is 0 Å². The Morgan fingerprint density at radius 1 is 0.944 bits per heavy atom. The van der Waals surface area contributed by atoms with Crippen molar-refractivity contribution < 1.29 is 27.9 Å². The largest absolute Gasteiger partial charge is 0.380 e. The number of imide groups is 1. The van der Waals surface area contributed by atoms with Crippen LogP contribution in [0.25, 0.3) is 5.65 Å². The summed E-state index contributed by atoms with van der Waals surface area (Å²) >= 11 is 0. The monoisotopic (exact) mass is 742 g/mol. The minimum atomic E-state index is -0.474. The number of hydrogen-bond donors (Lipinski definition) is 2. The summed E-state index contributed by atoms with van der Waals surface area (Å²) < 4.78 is 36.1. The lowest BCUT2D eigenvalue weighted by Crippen LogP contribution is -2.48. The van der Waals surface area contributed by atoms with Crippen LogP contribution in [0.5, 0.6) is 0 Å². The van der Waals surface area contributed by atoms with E-state index in [9.17, 15) is 23.2 Å². The number of benzene rings is 2. The number of nitrogens with zero attached hydrogens (tertiary/aromatic N) is 6. The topological polar surface area (TPSA) is 124 Å². The number of anilines is 1. The first-order valence-electron chi connectivity index (χ1n) is 19.1. The number of unbranched alkanes of at least 4 members (excludes halogenated alkanes) is 2. The second-order valence-electron chi connectivity index (χ2n) is 14.4. The second-order valence-corrected chi connectivity index (χ2v) is 14.4. The Balaban J connectivity index is 0.768. The standard InChI is InChI=1S/C40H48F2N8O4/c41-31-10-11-34(42)32(25-31)35-5-4-17-49(35)36-14-21-50-38(45-36)33(26-44-50)39(52)43-16-2-1-3-23-54-24-22-47-18-12-30(13-19-47)29-8-6-28(7-9-29)27-48-20-15-37(51)46-40(48)53/h6-11,14,21,25-26,30,35H,1-5,12-13,15-20,22-24,27H2,(H,43,52)(H,46,51,53). The van der Waals surface area contributed by atoms with Gasteiger partial charge in [0.1, 0.15) is 23.0 Å². The van der Waals surface area contributed by atoms with E-state index in [2.05, 4.69) is 44.9 Å². The van der Waals surface area contributed by atoms with Crippen LogP contribution in [0.1, 0.15) is 90.4 Å². The van der Waals surface area contributed by atoms with Crippen LogP contribution in [0.3, 0.4) is 0 Å². The molecule has 2 N–H and O–H groups in total. The predicted octanol–water partition coefficient (Wildman–Crippen LogP) is 5.59. The summed E-state index contributed by atoms with van der Waals surface area (Å²) in [7, 11) is 0.